The number of rotatable bonds is 7. The van der Waals surface area contributed by atoms with Crippen LogP contribution in [0.4, 0.5) is 5.69 Å². The number of nitrogens with one attached hydrogen (secondary N) is 1. The van der Waals surface area contributed by atoms with Gasteiger partial charge in [-0.15, -0.1) is 0 Å². The Bertz CT molecular complexity index is 814. The van der Waals surface area contributed by atoms with Crippen molar-refractivity contribution in [3.63, 3.8) is 0 Å². The highest BCUT2D eigenvalue weighted by Crippen LogP contribution is 2.40. The largest absolute Gasteiger partial charge is 0.495 e. The number of hydrogen-bond donors (Lipinski definition) is 1. The molecule has 138 valence electrons. The van der Waals surface area contributed by atoms with E-state index >= 15 is 0 Å². The van der Waals surface area contributed by atoms with Crippen LogP contribution < -0.4 is 24.3 Å². The molecule has 2 aromatic rings. The number of benzene rings is 2. The number of aryl methyl sites for hydroxylation is 1. The Morgan fingerprint density at radius 2 is 1.54 bits per heavy atom. The summed E-state index contributed by atoms with van der Waals surface area (Å²) in [6.45, 7) is 1.94. The summed E-state index contributed by atoms with van der Waals surface area (Å²) in [6, 6.07) is 9.12. The van der Waals surface area contributed by atoms with Crippen molar-refractivity contribution in [1.82, 2.24) is 0 Å². The van der Waals surface area contributed by atoms with Gasteiger partial charge in [-0.05, 0) is 42.8 Å². The molecule has 2 aromatic carbocycles. The van der Waals surface area contributed by atoms with E-state index in [1.54, 1.807) is 32.4 Å². The lowest BCUT2D eigenvalue weighted by Crippen LogP contribution is -2.09. The predicted octanol–water partition coefficient (Wildman–Crippen LogP) is 3.68. The van der Waals surface area contributed by atoms with E-state index in [9.17, 15) is 4.79 Å². The average Bonchev–Trinajstić information content (AvgIpc) is 2.65. The molecular weight excluding hydrogens is 334 g/mol. The van der Waals surface area contributed by atoms with Gasteiger partial charge in [-0.1, -0.05) is 6.07 Å². The fraction of sp³-hybridized carbons (Fsp3) is 0.250. The summed E-state index contributed by atoms with van der Waals surface area (Å²) in [5.74, 6) is 1.82. The Hall–Kier alpha value is -3.15. The fourth-order valence-corrected chi connectivity index (χ4v) is 2.52. The highest BCUT2D eigenvalue weighted by atomic mass is 16.5. The van der Waals surface area contributed by atoms with Crippen molar-refractivity contribution in [1.29, 1.82) is 0 Å². The van der Waals surface area contributed by atoms with E-state index in [4.69, 9.17) is 18.9 Å². The van der Waals surface area contributed by atoms with Crippen LogP contribution >= 0.6 is 0 Å². The lowest BCUT2D eigenvalue weighted by atomic mass is 10.1. The minimum atomic E-state index is -0.286. The number of amides is 1. The number of ether oxygens (including phenoxy) is 4. The summed E-state index contributed by atoms with van der Waals surface area (Å²) < 4.78 is 21.3. The van der Waals surface area contributed by atoms with E-state index in [-0.39, 0.29) is 5.91 Å². The highest BCUT2D eigenvalue weighted by Gasteiger charge is 2.14. The Labute approximate surface area is 153 Å². The molecule has 0 atom stereocenters. The van der Waals surface area contributed by atoms with Gasteiger partial charge in [0.1, 0.15) is 5.75 Å². The molecule has 0 aliphatic carbocycles. The summed E-state index contributed by atoms with van der Waals surface area (Å²) >= 11 is 0. The van der Waals surface area contributed by atoms with Crippen LogP contribution in [0.5, 0.6) is 23.0 Å². The average molecular weight is 357 g/mol. The van der Waals surface area contributed by atoms with Crippen LogP contribution in [0.2, 0.25) is 0 Å². The molecule has 1 amide bonds. The van der Waals surface area contributed by atoms with Crippen molar-refractivity contribution in [2.75, 3.05) is 33.8 Å². The van der Waals surface area contributed by atoms with Crippen LogP contribution in [0, 0.1) is 6.92 Å². The van der Waals surface area contributed by atoms with Crippen LogP contribution in [0.1, 0.15) is 11.1 Å². The third-order valence-electron chi connectivity index (χ3n) is 3.76. The van der Waals surface area contributed by atoms with E-state index in [1.807, 2.05) is 25.1 Å². The number of hydrogen-bond acceptors (Lipinski definition) is 5. The van der Waals surface area contributed by atoms with Gasteiger partial charge in [0, 0.05) is 11.6 Å². The molecule has 6 heteroatoms. The number of carbonyl (C=O) groups excluding carboxylic acids is 1. The van der Waals surface area contributed by atoms with Crippen molar-refractivity contribution in [3.8, 4) is 23.0 Å². The summed E-state index contributed by atoms with van der Waals surface area (Å²) in [4.78, 5) is 12.3. The second-order valence-electron chi connectivity index (χ2n) is 5.45. The zero-order valence-electron chi connectivity index (χ0n) is 15.6. The predicted molar refractivity (Wildman–Crippen MR) is 101 cm³/mol. The van der Waals surface area contributed by atoms with Gasteiger partial charge in [0.05, 0.1) is 34.1 Å². The van der Waals surface area contributed by atoms with Crippen LogP contribution in [-0.4, -0.2) is 34.3 Å². The Morgan fingerprint density at radius 3 is 2.15 bits per heavy atom. The van der Waals surface area contributed by atoms with Gasteiger partial charge in [0.15, 0.2) is 11.5 Å². The van der Waals surface area contributed by atoms with Crippen molar-refractivity contribution < 1.29 is 23.7 Å². The molecule has 2 rings (SSSR count). The van der Waals surface area contributed by atoms with Crippen LogP contribution in [0.15, 0.2) is 36.4 Å². The summed E-state index contributed by atoms with van der Waals surface area (Å²) in [5.41, 5.74) is 2.32. The Morgan fingerprint density at radius 1 is 0.885 bits per heavy atom. The SMILES string of the molecule is COc1ccc(C)cc1NC(=O)C=Cc1ccc(OC)c(OC)c1OC. The standard InChI is InChI=1S/C20H23NO5/c1-13-6-9-16(23-2)15(12-13)21-18(22)11-8-14-7-10-17(24-3)20(26-5)19(14)25-4/h6-12H,1-5H3,(H,21,22). The molecule has 0 fully saturated rings. The van der Waals surface area contributed by atoms with Gasteiger partial charge in [-0.2, -0.15) is 0 Å². The summed E-state index contributed by atoms with van der Waals surface area (Å²) in [6.07, 6.45) is 3.07. The maximum Gasteiger partial charge on any atom is 0.248 e. The van der Waals surface area contributed by atoms with Gasteiger partial charge in [0.25, 0.3) is 0 Å². The first-order chi connectivity index (χ1) is 12.5. The maximum absolute atomic E-state index is 12.3. The zero-order chi connectivity index (χ0) is 19.1. The van der Waals surface area contributed by atoms with E-state index < -0.39 is 0 Å². The molecule has 26 heavy (non-hydrogen) atoms. The fourth-order valence-electron chi connectivity index (χ4n) is 2.52. The number of anilines is 1. The lowest BCUT2D eigenvalue weighted by Gasteiger charge is -2.14. The molecule has 0 spiro atoms. The molecule has 6 nitrogen and oxygen atoms in total. The van der Waals surface area contributed by atoms with Gasteiger partial charge in [-0.25, -0.2) is 0 Å². The topological polar surface area (TPSA) is 66.0 Å². The molecule has 0 radical (unpaired) electrons. The number of carbonyl (C=O) groups is 1. The first-order valence-electron chi connectivity index (χ1n) is 7.96. The first kappa shape index (κ1) is 19.2. The second-order valence-corrected chi connectivity index (χ2v) is 5.45. The monoisotopic (exact) mass is 357 g/mol. The summed E-state index contributed by atoms with van der Waals surface area (Å²) in [7, 11) is 6.18. The van der Waals surface area contributed by atoms with E-state index in [2.05, 4.69) is 5.32 Å². The van der Waals surface area contributed by atoms with Gasteiger partial charge in [0.2, 0.25) is 11.7 Å². The van der Waals surface area contributed by atoms with Crippen molar-refractivity contribution in [2.45, 2.75) is 6.92 Å². The molecule has 0 aliphatic heterocycles. The third-order valence-corrected chi connectivity index (χ3v) is 3.76. The quantitative estimate of drug-likeness (QED) is 0.766. The normalized spacial score (nSPS) is 10.5. The molecule has 0 aromatic heterocycles. The minimum absolute atomic E-state index is 0.286. The first-order valence-corrected chi connectivity index (χ1v) is 7.96. The molecular formula is C20H23NO5. The molecule has 0 saturated heterocycles. The molecule has 0 bridgehead atoms. The Balaban J connectivity index is 2.24. The lowest BCUT2D eigenvalue weighted by molar-refractivity contribution is -0.111. The molecule has 0 unspecified atom stereocenters. The third kappa shape index (κ3) is 4.27. The molecule has 0 aliphatic rings. The molecule has 0 heterocycles. The zero-order valence-corrected chi connectivity index (χ0v) is 15.6. The van der Waals surface area contributed by atoms with Gasteiger partial charge in [-0.3, -0.25) is 4.79 Å². The van der Waals surface area contributed by atoms with Crippen molar-refractivity contribution in [2.24, 2.45) is 0 Å². The Kier molecular flexibility index (Phi) is 6.49. The smallest absolute Gasteiger partial charge is 0.248 e. The van der Waals surface area contributed by atoms with Gasteiger partial charge < -0.3 is 24.3 Å². The van der Waals surface area contributed by atoms with E-state index in [0.29, 0.717) is 34.2 Å². The highest BCUT2D eigenvalue weighted by molar-refractivity contribution is 6.03. The molecule has 1 N–H and O–H groups in total. The second kappa shape index (κ2) is 8.80. The van der Waals surface area contributed by atoms with Crippen LogP contribution in [0.3, 0.4) is 0 Å². The van der Waals surface area contributed by atoms with E-state index in [1.165, 1.54) is 20.3 Å². The number of methoxy groups -OCH3 is 4. The van der Waals surface area contributed by atoms with Crippen LogP contribution in [0.25, 0.3) is 6.08 Å². The van der Waals surface area contributed by atoms with Crippen molar-refractivity contribution in [3.05, 3.63) is 47.5 Å². The maximum atomic E-state index is 12.3. The summed E-state index contributed by atoms with van der Waals surface area (Å²) in [5, 5.41) is 2.81. The van der Waals surface area contributed by atoms with Crippen LogP contribution in [-0.2, 0) is 4.79 Å². The minimum Gasteiger partial charge on any atom is -0.495 e. The van der Waals surface area contributed by atoms with E-state index in [0.717, 1.165) is 5.56 Å². The van der Waals surface area contributed by atoms with Crippen molar-refractivity contribution >= 4 is 17.7 Å². The molecule has 0 saturated carbocycles. The van der Waals surface area contributed by atoms with Gasteiger partial charge >= 0.3 is 0 Å².